The van der Waals surface area contributed by atoms with E-state index in [-0.39, 0.29) is 11.5 Å². The summed E-state index contributed by atoms with van der Waals surface area (Å²) < 4.78 is 5.26. The van der Waals surface area contributed by atoms with Crippen LogP contribution < -0.4 is 20.5 Å². The summed E-state index contributed by atoms with van der Waals surface area (Å²) in [7, 11) is 5.40. The number of nitrogens with zero attached hydrogens (tertiary/aromatic N) is 2. The minimum Gasteiger partial charge on any atom is -0.497 e. The average Bonchev–Trinajstić information content (AvgIpc) is 3.03. The molecule has 4 aromatic rings. The molecular formula is C29H30N4O3. The third-order valence-corrected chi connectivity index (χ3v) is 6.54. The summed E-state index contributed by atoms with van der Waals surface area (Å²) in [6.45, 7) is 0.668. The molecule has 0 saturated heterocycles. The van der Waals surface area contributed by atoms with Gasteiger partial charge in [0.2, 0.25) is 5.91 Å². The van der Waals surface area contributed by atoms with E-state index in [2.05, 4.69) is 22.4 Å². The summed E-state index contributed by atoms with van der Waals surface area (Å²) >= 11 is 0. The normalized spacial score (nSPS) is 12.7. The van der Waals surface area contributed by atoms with Crippen LogP contribution in [0.25, 0.3) is 10.9 Å². The lowest BCUT2D eigenvalue weighted by atomic mass is 10.0. The van der Waals surface area contributed by atoms with Gasteiger partial charge in [-0.2, -0.15) is 0 Å². The fourth-order valence-corrected chi connectivity index (χ4v) is 4.72. The molecule has 36 heavy (non-hydrogen) atoms. The quantitative estimate of drug-likeness (QED) is 0.424. The van der Waals surface area contributed by atoms with Crippen molar-refractivity contribution in [2.24, 2.45) is 0 Å². The van der Waals surface area contributed by atoms with Crippen LogP contribution in [0, 0.1) is 0 Å². The van der Waals surface area contributed by atoms with Gasteiger partial charge in [-0.25, -0.2) is 0 Å². The summed E-state index contributed by atoms with van der Waals surface area (Å²) in [5, 5.41) is 4.33. The number of amides is 1. The number of aromatic nitrogens is 1. The summed E-state index contributed by atoms with van der Waals surface area (Å²) in [6, 6.07) is 21.7. The molecule has 7 heteroatoms. The number of nitrogens with one attached hydrogen (secondary N) is 2. The van der Waals surface area contributed by atoms with Crippen molar-refractivity contribution in [2.45, 2.75) is 19.4 Å². The highest BCUT2D eigenvalue weighted by Gasteiger charge is 2.26. The number of benzene rings is 3. The molecule has 0 bridgehead atoms. The molecule has 0 radical (unpaired) electrons. The van der Waals surface area contributed by atoms with E-state index < -0.39 is 0 Å². The van der Waals surface area contributed by atoms with E-state index in [0.717, 1.165) is 51.9 Å². The van der Waals surface area contributed by atoms with E-state index in [0.29, 0.717) is 24.4 Å². The van der Waals surface area contributed by atoms with Gasteiger partial charge in [0, 0.05) is 23.9 Å². The number of pyridine rings is 1. The minimum atomic E-state index is -0.144. The highest BCUT2D eigenvalue weighted by molar-refractivity contribution is 6.03. The maximum atomic E-state index is 13.4. The number of carbonyl (C=O) groups excluding carboxylic acids is 1. The second-order valence-corrected chi connectivity index (χ2v) is 9.37. The van der Waals surface area contributed by atoms with Crippen LogP contribution in [0.15, 0.2) is 71.5 Å². The lowest BCUT2D eigenvalue weighted by Crippen LogP contribution is -2.35. The summed E-state index contributed by atoms with van der Waals surface area (Å²) in [6.07, 6.45) is 1.73. The zero-order chi connectivity index (χ0) is 25.2. The van der Waals surface area contributed by atoms with Gasteiger partial charge in [-0.15, -0.1) is 0 Å². The number of anilines is 3. The summed E-state index contributed by atoms with van der Waals surface area (Å²) in [5.74, 6) is 0.720. The minimum absolute atomic E-state index is 0.0224. The van der Waals surface area contributed by atoms with Gasteiger partial charge in [-0.05, 0) is 79.8 Å². The Bertz CT molecular complexity index is 1490. The molecular weight excluding hydrogens is 452 g/mol. The number of methoxy groups -OCH3 is 1. The lowest BCUT2D eigenvalue weighted by Gasteiger charge is -2.27. The van der Waals surface area contributed by atoms with Gasteiger partial charge >= 0.3 is 0 Å². The first-order valence-corrected chi connectivity index (χ1v) is 12.1. The Kier molecular flexibility index (Phi) is 6.48. The van der Waals surface area contributed by atoms with E-state index in [4.69, 9.17) is 4.74 Å². The van der Waals surface area contributed by atoms with E-state index in [1.165, 1.54) is 0 Å². The van der Waals surface area contributed by atoms with Crippen LogP contribution >= 0.6 is 0 Å². The maximum absolute atomic E-state index is 13.4. The molecule has 1 aliphatic rings. The largest absolute Gasteiger partial charge is 0.497 e. The van der Waals surface area contributed by atoms with Crippen LogP contribution in [-0.4, -0.2) is 43.5 Å². The van der Waals surface area contributed by atoms with Crippen LogP contribution in [0.2, 0.25) is 0 Å². The van der Waals surface area contributed by atoms with Gasteiger partial charge < -0.3 is 19.9 Å². The van der Waals surface area contributed by atoms with Crippen molar-refractivity contribution in [3.8, 4) is 5.75 Å². The van der Waals surface area contributed by atoms with E-state index in [1.807, 2.05) is 78.5 Å². The number of ether oxygens (including phenoxy) is 1. The molecule has 184 valence electrons. The molecule has 1 amide bonds. The van der Waals surface area contributed by atoms with Crippen molar-refractivity contribution < 1.29 is 9.53 Å². The molecule has 1 aliphatic heterocycles. The first-order valence-electron chi connectivity index (χ1n) is 12.1. The number of likely N-dealkylation sites (N-methyl/N-ethyl adjacent to an activating group) is 1. The summed E-state index contributed by atoms with van der Waals surface area (Å²) in [4.78, 5) is 32.8. The number of rotatable bonds is 6. The first-order chi connectivity index (χ1) is 17.4. The summed E-state index contributed by atoms with van der Waals surface area (Å²) in [5.41, 5.74) is 6.18. The number of fused-ring (bicyclic) bond motifs is 3. The van der Waals surface area contributed by atoms with Crippen LogP contribution in [0.5, 0.6) is 5.75 Å². The molecule has 0 saturated carbocycles. The van der Waals surface area contributed by atoms with E-state index >= 15 is 0 Å². The fraction of sp³-hybridized carbons (Fsp3) is 0.241. The zero-order valence-corrected chi connectivity index (χ0v) is 20.8. The van der Waals surface area contributed by atoms with Crippen molar-refractivity contribution in [1.82, 2.24) is 9.88 Å². The maximum Gasteiger partial charge on any atom is 0.253 e. The van der Waals surface area contributed by atoms with Gasteiger partial charge in [0.05, 0.1) is 30.5 Å². The van der Waals surface area contributed by atoms with Crippen LogP contribution in [0.4, 0.5) is 17.1 Å². The zero-order valence-electron chi connectivity index (χ0n) is 20.8. The Morgan fingerprint density at radius 2 is 1.78 bits per heavy atom. The van der Waals surface area contributed by atoms with Gasteiger partial charge in [0.25, 0.3) is 5.56 Å². The molecule has 0 aliphatic carbocycles. The van der Waals surface area contributed by atoms with E-state index in [1.54, 1.807) is 7.11 Å². The van der Waals surface area contributed by atoms with Gasteiger partial charge in [0.15, 0.2) is 0 Å². The number of para-hydroxylation sites is 1. The Balaban J connectivity index is 1.46. The Morgan fingerprint density at radius 3 is 2.56 bits per heavy atom. The van der Waals surface area contributed by atoms with Crippen LogP contribution in [0.3, 0.4) is 0 Å². The second kappa shape index (κ2) is 9.87. The SMILES string of the molecule is COc1ccc2cc(CNc3ccc4c(c3)N(C(=O)CN(C)C)c3ccccc3CC4)c(=O)[nH]c2c1. The predicted octanol–water partition coefficient (Wildman–Crippen LogP) is 4.47. The van der Waals surface area contributed by atoms with Gasteiger partial charge in [-0.3, -0.25) is 14.5 Å². The fourth-order valence-electron chi connectivity index (χ4n) is 4.72. The van der Waals surface area contributed by atoms with Crippen LogP contribution in [0.1, 0.15) is 16.7 Å². The number of aromatic amines is 1. The molecule has 3 aromatic carbocycles. The number of hydrogen-bond donors (Lipinski definition) is 2. The average molecular weight is 483 g/mol. The lowest BCUT2D eigenvalue weighted by molar-refractivity contribution is -0.118. The van der Waals surface area contributed by atoms with Crippen molar-refractivity contribution >= 4 is 33.9 Å². The Labute approximate surface area is 210 Å². The second-order valence-electron chi connectivity index (χ2n) is 9.37. The Morgan fingerprint density at radius 1 is 1.00 bits per heavy atom. The predicted molar refractivity (Wildman–Crippen MR) is 144 cm³/mol. The molecule has 2 heterocycles. The molecule has 2 N–H and O–H groups in total. The smallest absolute Gasteiger partial charge is 0.253 e. The molecule has 7 nitrogen and oxygen atoms in total. The third-order valence-electron chi connectivity index (χ3n) is 6.54. The monoisotopic (exact) mass is 482 g/mol. The Hall–Kier alpha value is -4.10. The number of carbonyl (C=O) groups is 1. The number of hydrogen-bond acceptors (Lipinski definition) is 5. The first kappa shape index (κ1) is 23.6. The number of H-pyrrole nitrogens is 1. The molecule has 5 rings (SSSR count). The molecule has 0 atom stereocenters. The molecule has 1 aromatic heterocycles. The van der Waals surface area contributed by atoms with Gasteiger partial charge in [-0.1, -0.05) is 24.3 Å². The van der Waals surface area contributed by atoms with Crippen molar-refractivity contribution in [1.29, 1.82) is 0 Å². The molecule has 0 fully saturated rings. The van der Waals surface area contributed by atoms with Crippen molar-refractivity contribution in [3.63, 3.8) is 0 Å². The molecule has 0 spiro atoms. The highest BCUT2D eigenvalue weighted by atomic mass is 16.5. The number of aryl methyl sites for hydroxylation is 2. The van der Waals surface area contributed by atoms with Crippen molar-refractivity contribution in [3.05, 3.63) is 93.8 Å². The molecule has 0 unspecified atom stereocenters. The van der Waals surface area contributed by atoms with E-state index in [9.17, 15) is 9.59 Å². The van der Waals surface area contributed by atoms with Crippen LogP contribution in [-0.2, 0) is 24.2 Å². The topological polar surface area (TPSA) is 77.7 Å². The highest BCUT2D eigenvalue weighted by Crippen LogP contribution is 2.37. The standard InChI is InChI=1S/C29H30N4O3/c1-32(2)18-28(34)33-26-7-5-4-6-19(26)8-9-20-10-12-23(15-27(20)33)30-17-22-14-21-11-13-24(36-3)16-25(21)31-29(22)35/h4-7,10-16,30H,8-9,17-18H2,1-3H3,(H,31,35). The van der Waals surface area contributed by atoms with Gasteiger partial charge in [0.1, 0.15) is 5.75 Å². The third kappa shape index (κ3) is 4.70. The van der Waals surface area contributed by atoms with Crippen molar-refractivity contribution in [2.75, 3.05) is 38.0 Å².